The van der Waals surface area contributed by atoms with Crippen molar-refractivity contribution >= 4 is 23.3 Å². The maximum Gasteiger partial charge on any atom is 0.315 e. The molecule has 0 aliphatic carbocycles. The highest BCUT2D eigenvalue weighted by Crippen LogP contribution is 2.14. The average molecular weight is 298 g/mol. The summed E-state index contributed by atoms with van der Waals surface area (Å²) in [4.78, 5) is 23.2. The van der Waals surface area contributed by atoms with Gasteiger partial charge in [-0.05, 0) is 42.7 Å². The molecule has 1 unspecified atom stereocenters. The minimum Gasteiger partial charge on any atom is -0.481 e. The van der Waals surface area contributed by atoms with Gasteiger partial charge >= 0.3 is 12.0 Å². The minimum absolute atomic E-state index is 0.178. The summed E-state index contributed by atoms with van der Waals surface area (Å²) in [6.45, 7) is 5.13. The number of carboxylic acids is 1. The first kappa shape index (κ1) is 16.5. The van der Waals surface area contributed by atoms with Crippen molar-refractivity contribution in [2.24, 2.45) is 5.92 Å². The molecule has 112 valence electrons. The molecule has 3 N–H and O–H groups in total. The number of aliphatic carboxylic acids is 1. The Kier molecular flexibility index (Phi) is 7.08. The van der Waals surface area contributed by atoms with Gasteiger partial charge in [-0.2, -0.15) is 0 Å². The van der Waals surface area contributed by atoms with Crippen LogP contribution in [0.4, 0.5) is 4.79 Å². The van der Waals surface area contributed by atoms with E-state index < -0.39 is 5.97 Å². The van der Waals surface area contributed by atoms with E-state index in [9.17, 15) is 9.59 Å². The molecule has 0 bridgehead atoms. The second-order valence-corrected chi connectivity index (χ2v) is 5.96. The molecule has 1 aromatic heterocycles. The van der Waals surface area contributed by atoms with Gasteiger partial charge in [0.2, 0.25) is 0 Å². The average Bonchev–Trinajstić information content (AvgIpc) is 2.79. The van der Waals surface area contributed by atoms with Crippen LogP contribution < -0.4 is 10.6 Å². The zero-order valence-corrected chi connectivity index (χ0v) is 12.8. The Morgan fingerprint density at radius 1 is 1.35 bits per heavy atom. The molecule has 1 heterocycles. The number of thiophene rings is 1. The summed E-state index contributed by atoms with van der Waals surface area (Å²) in [7, 11) is 0. The molecular weight excluding hydrogens is 276 g/mol. The van der Waals surface area contributed by atoms with Gasteiger partial charge in [-0.3, -0.25) is 4.79 Å². The van der Waals surface area contributed by atoms with Crippen LogP contribution in [0, 0.1) is 12.8 Å². The number of nitrogens with one attached hydrogen (secondary N) is 2. The van der Waals surface area contributed by atoms with Crippen LogP contribution in [0.15, 0.2) is 11.4 Å². The van der Waals surface area contributed by atoms with Crippen molar-refractivity contribution in [3.05, 3.63) is 21.9 Å². The summed E-state index contributed by atoms with van der Waals surface area (Å²) >= 11 is 1.63. The van der Waals surface area contributed by atoms with Gasteiger partial charge in [0.1, 0.15) is 0 Å². The maximum absolute atomic E-state index is 11.6. The Labute approximate surface area is 123 Å². The van der Waals surface area contributed by atoms with Crippen LogP contribution in [0.3, 0.4) is 0 Å². The molecule has 0 aliphatic heterocycles. The first-order valence-corrected chi connectivity index (χ1v) is 7.63. The molecule has 5 nitrogen and oxygen atoms in total. The normalized spacial score (nSPS) is 11.9. The van der Waals surface area contributed by atoms with Gasteiger partial charge in [0.25, 0.3) is 0 Å². The second-order valence-electron chi connectivity index (χ2n) is 4.96. The number of aryl methyl sites for hydroxylation is 1. The van der Waals surface area contributed by atoms with Crippen LogP contribution in [0.25, 0.3) is 0 Å². The minimum atomic E-state index is -0.770. The topological polar surface area (TPSA) is 78.4 Å². The van der Waals surface area contributed by atoms with Crippen molar-refractivity contribution < 1.29 is 14.7 Å². The number of urea groups is 1. The van der Waals surface area contributed by atoms with Crippen molar-refractivity contribution in [2.75, 3.05) is 6.54 Å². The summed E-state index contributed by atoms with van der Waals surface area (Å²) in [6, 6.07) is 1.85. The van der Waals surface area contributed by atoms with Gasteiger partial charge in [-0.15, -0.1) is 11.3 Å². The molecule has 2 amide bonds. The fraction of sp³-hybridized carbons (Fsp3) is 0.571. The largest absolute Gasteiger partial charge is 0.481 e. The van der Waals surface area contributed by atoms with E-state index in [2.05, 4.69) is 10.6 Å². The predicted octanol–water partition coefficient (Wildman–Crippen LogP) is 2.75. The van der Waals surface area contributed by atoms with Gasteiger partial charge in [-0.1, -0.05) is 6.92 Å². The lowest BCUT2D eigenvalue weighted by Gasteiger charge is -2.11. The van der Waals surface area contributed by atoms with E-state index in [1.54, 1.807) is 11.3 Å². The van der Waals surface area contributed by atoms with Crippen LogP contribution in [0.1, 0.15) is 36.6 Å². The van der Waals surface area contributed by atoms with Crippen LogP contribution >= 0.6 is 11.3 Å². The molecule has 0 saturated heterocycles. The number of hydrogen-bond acceptors (Lipinski definition) is 3. The Bertz CT molecular complexity index is 445. The Morgan fingerprint density at radius 3 is 2.70 bits per heavy atom. The number of hydrogen-bond donors (Lipinski definition) is 3. The second kappa shape index (κ2) is 8.58. The van der Waals surface area contributed by atoms with Crippen molar-refractivity contribution in [2.45, 2.75) is 39.7 Å². The Balaban J connectivity index is 2.11. The van der Waals surface area contributed by atoms with Gasteiger partial charge in [0.15, 0.2) is 0 Å². The van der Waals surface area contributed by atoms with E-state index in [4.69, 9.17) is 5.11 Å². The van der Waals surface area contributed by atoms with Gasteiger partial charge in [-0.25, -0.2) is 4.79 Å². The molecule has 0 aromatic carbocycles. The summed E-state index contributed by atoms with van der Waals surface area (Å²) in [5.41, 5.74) is 1.19. The predicted molar refractivity (Wildman–Crippen MR) is 79.9 cm³/mol. The zero-order valence-electron chi connectivity index (χ0n) is 11.9. The van der Waals surface area contributed by atoms with Crippen LogP contribution in [0.5, 0.6) is 0 Å². The third kappa shape index (κ3) is 6.56. The van der Waals surface area contributed by atoms with E-state index in [1.807, 2.05) is 25.3 Å². The van der Waals surface area contributed by atoms with E-state index in [0.717, 1.165) is 11.3 Å². The van der Waals surface area contributed by atoms with E-state index in [1.165, 1.54) is 5.56 Å². The highest BCUT2D eigenvalue weighted by Gasteiger charge is 2.07. The molecule has 0 aliphatic rings. The van der Waals surface area contributed by atoms with Crippen LogP contribution in [-0.4, -0.2) is 23.7 Å². The molecule has 1 aromatic rings. The third-order valence-corrected chi connectivity index (χ3v) is 4.17. The zero-order chi connectivity index (χ0) is 15.0. The Morgan fingerprint density at radius 2 is 2.10 bits per heavy atom. The lowest BCUT2D eigenvalue weighted by atomic mass is 10.0. The lowest BCUT2D eigenvalue weighted by molar-refractivity contribution is -0.137. The number of amides is 2. The molecule has 0 saturated carbocycles. The highest BCUT2D eigenvalue weighted by molar-refractivity contribution is 7.10. The van der Waals surface area contributed by atoms with Crippen LogP contribution in [0.2, 0.25) is 0 Å². The SMILES string of the molecule is Cc1ccsc1CNC(=O)NCCC(C)CCC(=O)O. The maximum atomic E-state index is 11.6. The fourth-order valence-corrected chi connectivity index (χ4v) is 2.60. The molecule has 0 radical (unpaired) electrons. The van der Waals surface area contributed by atoms with Crippen LogP contribution in [-0.2, 0) is 11.3 Å². The number of rotatable bonds is 8. The molecule has 0 fully saturated rings. The summed E-state index contributed by atoms with van der Waals surface area (Å²) in [5.74, 6) is -0.472. The molecule has 6 heteroatoms. The number of carbonyl (C=O) groups is 2. The van der Waals surface area contributed by atoms with Gasteiger partial charge < -0.3 is 15.7 Å². The monoisotopic (exact) mass is 298 g/mol. The quantitative estimate of drug-likeness (QED) is 0.690. The summed E-state index contributed by atoms with van der Waals surface area (Å²) in [5, 5.41) is 16.2. The molecule has 1 atom stereocenters. The molecule has 0 spiro atoms. The third-order valence-electron chi connectivity index (χ3n) is 3.15. The lowest BCUT2D eigenvalue weighted by Crippen LogP contribution is -2.36. The first-order chi connectivity index (χ1) is 9.49. The Hall–Kier alpha value is -1.56. The number of carboxylic acid groups (broad SMARTS) is 1. The molecular formula is C14H22N2O3S. The van der Waals surface area contributed by atoms with E-state index in [0.29, 0.717) is 25.4 Å². The van der Waals surface area contributed by atoms with Gasteiger partial charge in [0, 0.05) is 17.8 Å². The summed E-state index contributed by atoms with van der Waals surface area (Å²) in [6.07, 6.45) is 1.62. The van der Waals surface area contributed by atoms with E-state index >= 15 is 0 Å². The molecule has 1 rings (SSSR count). The summed E-state index contributed by atoms with van der Waals surface area (Å²) < 4.78 is 0. The fourth-order valence-electron chi connectivity index (χ4n) is 1.75. The van der Waals surface area contributed by atoms with Gasteiger partial charge in [0.05, 0.1) is 6.54 Å². The van der Waals surface area contributed by atoms with Crippen molar-refractivity contribution in [3.8, 4) is 0 Å². The van der Waals surface area contributed by atoms with E-state index in [-0.39, 0.29) is 12.5 Å². The van der Waals surface area contributed by atoms with Crippen molar-refractivity contribution in [1.29, 1.82) is 0 Å². The number of carbonyl (C=O) groups excluding carboxylic acids is 1. The van der Waals surface area contributed by atoms with Crippen molar-refractivity contribution in [3.63, 3.8) is 0 Å². The first-order valence-electron chi connectivity index (χ1n) is 6.75. The smallest absolute Gasteiger partial charge is 0.315 e. The molecule has 20 heavy (non-hydrogen) atoms. The standard InChI is InChI=1S/C14H22N2O3S/c1-10(3-4-13(17)18)5-7-15-14(19)16-9-12-11(2)6-8-20-12/h6,8,10H,3-5,7,9H2,1-2H3,(H,17,18)(H2,15,16,19). The van der Waals surface area contributed by atoms with Crippen molar-refractivity contribution in [1.82, 2.24) is 10.6 Å². The highest BCUT2D eigenvalue weighted by atomic mass is 32.1.